The monoisotopic (exact) mass is 413 g/mol. The number of nitrogens with one attached hydrogen (secondary N) is 2. The van der Waals surface area contributed by atoms with Crippen molar-refractivity contribution in [2.24, 2.45) is 0 Å². The molecule has 0 unspecified atom stereocenters. The molecule has 7 heteroatoms. The van der Waals surface area contributed by atoms with Crippen LogP contribution in [0.3, 0.4) is 0 Å². The predicted molar refractivity (Wildman–Crippen MR) is 118 cm³/mol. The zero-order valence-corrected chi connectivity index (χ0v) is 17.3. The van der Waals surface area contributed by atoms with Gasteiger partial charge in [-0.3, -0.25) is 4.72 Å². The topological polar surface area (TPSA) is 61.4 Å². The SMILES string of the molecule is CSc1ccccc1NS(=O)(=O)c1ccc(N2CCNCC2)c2ccccc12. The Morgan fingerprint density at radius 3 is 2.36 bits per heavy atom. The normalized spacial score (nSPS) is 15.0. The molecular formula is C21H23N3O2S2. The third-order valence-corrected chi connectivity index (χ3v) is 7.18. The second-order valence-corrected chi connectivity index (χ2v) is 9.17. The van der Waals surface area contributed by atoms with Crippen molar-refractivity contribution in [3.05, 3.63) is 60.7 Å². The summed E-state index contributed by atoms with van der Waals surface area (Å²) >= 11 is 1.52. The maximum atomic E-state index is 13.2. The fraction of sp³-hybridized carbons (Fsp3) is 0.238. The largest absolute Gasteiger partial charge is 0.368 e. The molecule has 0 spiro atoms. The molecule has 1 saturated heterocycles. The molecule has 3 aromatic carbocycles. The van der Waals surface area contributed by atoms with Gasteiger partial charge in [-0.15, -0.1) is 11.8 Å². The number of fused-ring (bicyclic) bond motifs is 1. The number of hydrogen-bond donors (Lipinski definition) is 2. The Morgan fingerprint density at radius 1 is 0.929 bits per heavy atom. The zero-order chi connectivity index (χ0) is 19.6. The number of rotatable bonds is 5. The van der Waals surface area contributed by atoms with Gasteiger partial charge in [-0.1, -0.05) is 36.4 Å². The average molecular weight is 414 g/mol. The fourth-order valence-electron chi connectivity index (χ4n) is 3.60. The van der Waals surface area contributed by atoms with Crippen LogP contribution in [0, 0.1) is 0 Å². The molecule has 2 N–H and O–H groups in total. The summed E-state index contributed by atoms with van der Waals surface area (Å²) in [5.74, 6) is 0. The smallest absolute Gasteiger partial charge is 0.262 e. The highest BCUT2D eigenvalue weighted by molar-refractivity contribution is 7.99. The molecule has 4 rings (SSSR count). The van der Waals surface area contributed by atoms with Crippen LogP contribution in [-0.2, 0) is 10.0 Å². The van der Waals surface area contributed by atoms with Crippen molar-refractivity contribution in [2.45, 2.75) is 9.79 Å². The van der Waals surface area contributed by atoms with Crippen LogP contribution in [0.25, 0.3) is 10.8 Å². The van der Waals surface area contributed by atoms with Crippen LogP contribution < -0.4 is 14.9 Å². The number of nitrogens with zero attached hydrogens (tertiary/aromatic N) is 1. The molecule has 0 aromatic heterocycles. The molecule has 1 fully saturated rings. The first-order valence-electron chi connectivity index (χ1n) is 9.23. The molecule has 5 nitrogen and oxygen atoms in total. The van der Waals surface area contributed by atoms with Crippen molar-refractivity contribution < 1.29 is 8.42 Å². The maximum Gasteiger partial charge on any atom is 0.262 e. The highest BCUT2D eigenvalue weighted by Crippen LogP contribution is 2.34. The minimum absolute atomic E-state index is 0.304. The number of anilines is 2. The van der Waals surface area contributed by atoms with E-state index in [1.165, 1.54) is 11.8 Å². The highest BCUT2D eigenvalue weighted by atomic mass is 32.2. The van der Waals surface area contributed by atoms with Crippen LogP contribution >= 0.6 is 11.8 Å². The highest BCUT2D eigenvalue weighted by Gasteiger charge is 2.22. The van der Waals surface area contributed by atoms with E-state index in [0.29, 0.717) is 10.6 Å². The summed E-state index contributed by atoms with van der Waals surface area (Å²) in [6.07, 6.45) is 1.94. The van der Waals surface area contributed by atoms with Gasteiger partial charge in [0.25, 0.3) is 10.0 Å². The molecular weight excluding hydrogens is 390 g/mol. The minimum Gasteiger partial charge on any atom is -0.368 e. The second kappa shape index (κ2) is 8.03. The molecule has 0 amide bonds. The van der Waals surface area contributed by atoms with Gasteiger partial charge in [0.1, 0.15) is 0 Å². The molecule has 28 heavy (non-hydrogen) atoms. The number of para-hydroxylation sites is 1. The molecule has 1 heterocycles. The van der Waals surface area contributed by atoms with E-state index in [4.69, 9.17) is 0 Å². The Labute approximate surface area is 170 Å². The van der Waals surface area contributed by atoms with Crippen LogP contribution in [-0.4, -0.2) is 40.9 Å². The summed E-state index contributed by atoms with van der Waals surface area (Å²) in [6.45, 7) is 3.69. The van der Waals surface area contributed by atoms with E-state index in [1.807, 2.05) is 54.8 Å². The Hall–Kier alpha value is -2.22. The first kappa shape index (κ1) is 19.1. The summed E-state index contributed by atoms with van der Waals surface area (Å²) in [5.41, 5.74) is 1.69. The number of thioether (sulfide) groups is 1. The molecule has 0 atom stereocenters. The Kier molecular flexibility index (Phi) is 5.48. The van der Waals surface area contributed by atoms with Crippen molar-refractivity contribution in [2.75, 3.05) is 42.1 Å². The van der Waals surface area contributed by atoms with E-state index >= 15 is 0 Å². The molecule has 1 aliphatic rings. The van der Waals surface area contributed by atoms with Crippen molar-refractivity contribution in [3.63, 3.8) is 0 Å². The van der Waals surface area contributed by atoms with Crippen molar-refractivity contribution >= 4 is 43.9 Å². The molecule has 0 aliphatic carbocycles. The summed E-state index contributed by atoms with van der Waals surface area (Å²) in [4.78, 5) is 3.51. The number of sulfonamides is 1. The lowest BCUT2D eigenvalue weighted by Gasteiger charge is -2.30. The van der Waals surface area contributed by atoms with Crippen LogP contribution in [0.2, 0.25) is 0 Å². The van der Waals surface area contributed by atoms with Gasteiger partial charge < -0.3 is 10.2 Å². The van der Waals surface area contributed by atoms with Crippen LogP contribution in [0.5, 0.6) is 0 Å². The van der Waals surface area contributed by atoms with Crippen molar-refractivity contribution in [1.82, 2.24) is 5.32 Å². The molecule has 3 aromatic rings. The summed E-state index contributed by atoms with van der Waals surface area (Å²) < 4.78 is 29.2. The third-order valence-electron chi connectivity index (χ3n) is 4.96. The first-order valence-corrected chi connectivity index (χ1v) is 11.9. The Morgan fingerprint density at radius 2 is 1.61 bits per heavy atom. The number of benzene rings is 3. The van der Waals surface area contributed by atoms with Gasteiger partial charge in [-0.2, -0.15) is 0 Å². The standard InChI is InChI=1S/C21H23N3O2S2/c1-27-20-9-5-4-8-18(20)23-28(25,26)21-11-10-19(24-14-12-22-13-15-24)16-6-2-3-7-17(16)21/h2-11,22-23H,12-15H2,1H3. The van der Waals surface area contributed by atoms with Crippen LogP contribution in [0.1, 0.15) is 0 Å². The molecule has 0 saturated carbocycles. The number of hydrogen-bond acceptors (Lipinski definition) is 5. The van der Waals surface area contributed by atoms with Gasteiger partial charge in [-0.25, -0.2) is 8.42 Å². The lowest BCUT2D eigenvalue weighted by atomic mass is 10.1. The molecule has 0 radical (unpaired) electrons. The van der Waals surface area contributed by atoms with Gasteiger partial charge in [0.2, 0.25) is 0 Å². The summed E-state index contributed by atoms with van der Waals surface area (Å²) in [6, 6.07) is 18.8. The van der Waals surface area contributed by atoms with Crippen LogP contribution in [0.15, 0.2) is 70.5 Å². The fourth-order valence-corrected chi connectivity index (χ4v) is 5.51. The first-order chi connectivity index (χ1) is 13.6. The van der Waals surface area contributed by atoms with Gasteiger partial charge >= 0.3 is 0 Å². The van der Waals surface area contributed by atoms with Gasteiger partial charge in [0.05, 0.1) is 10.6 Å². The predicted octanol–water partition coefficient (Wildman–Crippen LogP) is 3.77. The van der Waals surface area contributed by atoms with Gasteiger partial charge in [0, 0.05) is 47.5 Å². The Balaban J connectivity index is 1.78. The molecule has 1 aliphatic heterocycles. The van der Waals surface area contributed by atoms with E-state index < -0.39 is 10.0 Å². The minimum atomic E-state index is -3.71. The van der Waals surface area contributed by atoms with E-state index in [-0.39, 0.29) is 0 Å². The quantitative estimate of drug-likeness (QED) is 0.624. The lowest BCUT2D eigenvalue weighted by Crippen LogP contribution is -2.43. The average Bonchev–Trinajstić information content (AvgIpc) is 2.73. The zero-order valence-electron chi connectivity index (χ0n) is 15.7. The lowest BCUT2D eigenvalue weighted by molar-refractivity contribution is 0.590. The van der Waals surface area contributed by atoms with Crippen molar-refractivity contribution in [3.8, 4) is 0 Å². The van der Waals surface area contributed by atoms with Gasteiger partial charge in [-0.05, 0) is 30.5 Å². The third kappa shape index (κ3) is 3.70. The van der Waals surface area contributed by atoms with Crippen molar-refractivity contribution in [1.29, 1.82) is 0 Å². The number of piperazine rings is 1. The van der Waals surface area contributed by atoms with E-state index in [9.17, 15) is 8.42 Å². The second-order valence-electron chi connectivity index (χ2n) is 6.67. The van der Waals surface area contributed by atoms with Gasteiger partial charge in [0.15, 0.2) is 0 Å². The maximum absolute atomic E-state index is 13.2. The van der Waals surface area contributed by atoms with E-state index in [2.05, 4.69) is 14.9 Å². The van der Waals surface area contributed by atoms with E-state index in [1.54, 1.807) is 12.1 Å². The summed E-state index contributed by atoms with van der Waals surface area (Å²) in [5, 5.41) is 5.06. The Bertz CT molecular complexity index is 1090. The van der Waals surface area contributed by atoms with Crippen LogP contribution in [0.4, 0.5) is 11.4 Å². The molecule has 146 valence electrons. The van der Waals surface area contributed by atoms with E-state index in [0.717, 1.165) is 47.5 Å². The molecule has 0 bridgehead atoms. The summed E-state index contributed by atoms with van der Waals surface area (Å²) in [7, 11) is -3.71.